The molecule has 0 saturated carbocycles. The highest BCUT2D eigenvalue weighted by Crippen LogP contribution is 2.33. The van der Waals surface area contributed by atoms with Crippen molar-refractivity contribution in [3.8, 4) is 23.0 Å². The SMILES string of the molecule is O=C(O)c1cc(-c2ncco2)nc2ccc3nc(-c4ccccc4)oc3c12. The largest absolute Gasteiger partial charge is 0.478 e. The number of nitrogens with zero attached hydrogens (tertiary/aromatic N) is 3. The Bertz CT molecular complexity index is 1290. The van der Waals surface area contributed by atoms with Crippen LogP contribution in [0.5, 0.6) is 0 Å². The Hall–Kier alpha value is -4.00. The first-order chi connectivity index (χ1) is 13.2. The average molecular weight is 357 g/mol. The molecule has 7 nitrogen and oxygen atoms in total. The molecule has 0 bridgehead atoms. The lowest BCUT2D eigenvalue weighted by Gasteiger charge is -2.05. The van der Waals surface area contributed by atoms with Gasteiger partial charge in [0, 0.05) is 5.56 Å². The van der Waals surface area contributed by atoms with Crippen LogP contribution in [-0.2, 0) is 0 Å². The molecular weight excluding hydrogens is 346 g/mol. The molecule has 7 heteroatoms. The highest BCUT2D eigenvalue weighted by molar-refractivity contribution is 6.13. The van der Waals surface area contributed by atoms with Gasteiger partial charge in [0.15, 0.2) is 5.58 Å². The molecule has 0 aliphatic carbocycles. The van der Waals surface area contributed by atoms with Crippen molar-refractivity contribution < 1.29 is 18.7 Å². The second-order valence-corrected chi connectivity index (χ2v) is 5.89. The van der Waals surface area contributed by atoms with E-state index in [0.29, 0.717) is 33.6 Å². The van der Waals surface area contributed by atoms with E-state index in [2.05, 4.69) is 15.0 Å². The number of hydrogen-bond acceptors (Lipinski definition) is 6. The lowest BCUT2D eigenvalue weighted by atomic mass is 10.1. The van der Waals surface area contributed by atoms with Crippen LogP contribution in [0.3, 0.4) is 0 Å². The predicted octanol–water partition coefficient (Wildman–Crippen LogP) is 4.40. The molecule has 2 aromatic carbocycles. The number of aromatic nitrogens is 3. The van der Waals surface area contributed by atoms with Crippen LogP contribution in [0, 0.1) is 0 Å². The molecule has 0 atom stereocenters. The topological polar surface area (TPSA) is 102 Å². The van der Waals surface area contributed by atoms with E-state index in [1.807, 2.05) is 30.3 Å². The molecule has 0 aliphatic rings. The smallest absolute Gasteiger partial charge is 0.336 e. The van der Waals surface area contributed by atoms with E-state index in [4.69, 9.17) is 8.83 Å². The first-order valence-electron chi connectivity index (χ1n) is 8.13. The van der Waals surface area contributed by atoms with Gasteiger partial charge in [-0.3, -0.25) is 0 Å². The maximum Gasteiger partial charge on any atom is 0.336 e. The lowest BCUT2D eigenvalue weighted by Crippen LogP contribution is -2.00. The first kappa shape index (κ1) is 15.3. The highest BCUT2D eigenvalue weighted by Gasteiger charge is 2.20. The van der Waals surface area contributed by atoms with Crippen LogP contribution in [0.15, 0.2) is 69.8 Å². The van der Waals surface area contributed by atoms with E-state index in [1.54, 1.807) is 12.1 Å². The minimum absolute atomic E-state index is 0.0505. The number of hydrogen-bond donors (Lipinski definition) is 1. The third-order valence-electron chi connectivity index (χ3n) is 4.23. The van der Waals surface area contributed by atoms with Crippen molar-refractivity contribution >= 4 is 28.0 Å². The zero-order valence-electron chi connectivity index (χ0n) is 13.8. The molecule has 27 heavy (non-hydrogen) atoms. The molecule has 0 amide bonds. The number of pyridine rings is 1. The van der Waals surface area contributed by atoms with Crippen LogP contribution in [0.4, 0.5) is 0 Å². The van der Waals surface area contributed by atoms with Gasteiger partial charge in [0.2, 0.25) is 11.8 Å². The molecular formula is C20H11N3O4. The number of fused-ring (bicyclic) bond motifs is 3. The van der Waals surface area contributed by atoms with E-state index in [9.17, 15) is 9.90 Å². The Morgan fingerprint density at radius 3 is 2.52 bits per heavy atom. The second-order valence-electron chi connectivity index (χ2n) is 5.89. The summed E-state index contributed by atoms with van der Waals surface area (Å²) in [4.78, 5) is 24.9. The summed E-state index contributed by atoms with van der Waals surface area (Å²) >= 11 is 0. The number of rotatable bonds is 3. The van der Waals surface area contributed by atoms with Crippen LogP contribution >= 0.6 is 0 Å². The first-order valence-corrected chi connectivity index (χ1v) is 8.13. The molecule has 0 saturated heterocycles. The maximum absolute atomic E-state index is 11.9. The molecule has 0 radical (unpaired) electrons. The van der Waals surface area contributed by atoms with E-state index in [0.717, 1.165) is 5.56 Å². The molecule has 1 N–H and O–H groups in total. The molecule has 0 fully saturated rings. The Morgan fingerprint density at radius 2 is 1.78 bits per heavy atom. The fraction of sp³-hybridized carbons (Fsp3) is 0. The zero-order chi connectivity index (χ0) is 18.4. The van der Waals surface area contributed by atoms with E-state index >= 15 is 0 Å². The van der Waals surface area contributed by atoms with E-state index < -0.39 is 5.97 Å². The van der Waals surface area contributed by atoms with Crippen molar-refractivity contribution in [3.63, 3.8) is 0 Å². The Labute approximate surface area is 151 Å². The fourth-order valence-corrected chi connectivity index (χ4v) is 3.04. The molecule has 3 aromatic heterocycles. The molecule has 0 aliphatic heterocycles. The second kappa shape index (κ2) is 5.77. The number of oxazole rings is 2. The normalized spacial score (nSPS) is 11.3. The summed E-state index contributed by atoms with van der Waals surface area (Å²) in [7, 11) is 0. The summed E-state index contributed by atoms with van der Waals surface area (Å²) in [6, 6.07) is 14.3. The van der Waals surface area contributed by atoms with Gasteiger partial charge < -0.3 is 13.9 Å². The Balaban J connectivity index is 1.82. The van der Waals surface area contributed by atoms with Crippen LogP contribution in [0.2, 0.25) is 0 Å². The molecule has 3 heterocycles. The summed E-state index contributed by atoms with van der Waals surface area (Å²) in [5.74, 6) is -0.423. The quantitative estimate of drug-likeness (QED) is 0.510. The molecule has 0 unspecified atom stereocenters. The third kappa shape index (κ3) is 2.44. The minimum atomic E-state index is -1.10. The van der Waals surface area contributed by atoms with Crippen molar-refractivity contribution in [2.45, 2.75) is 0 Å². The highest BCUT2D eigenvalue weighted by atomic mass is 16.4. The van der Waals surface area contributed by atoms with Gasteiger partial charge in [-0.25, -0.2) is 19.7 Å². The predicted molar refractivity (Wildman–Crippen MR) is 97.2 cm³/mol. The Morgan fingerprint density at radius 1 is 0.963 bits per heavy atom. The third-order valence-corrected chi connectivity index (χ3v) is 4.23. The van der Waals surface area contributed by atoms with Crippen molar-refractivity contribution in [1.29, 1.82) is 0 Å². The molecule has 5 rings (SSSR count). The van der Waals surface area contributed by atoms with E-state index in [-0.39, 0.29) is 11.5 Å². The van der Waals surface area contributed by atoms with Crippen LogP contribution in [0.25, 0.3) is 45.0 Å². The van der Waals surface area contributed by atoms with Crippen molar-refractivity contribution in [2.24, 2.45) is 0 Å². The van der Waals surface area contributed by atoms with Crippen LogP contribution in [0.1, 0.15) is 10.4 Å². The molecule has 0 spiro atoms. The number of carbonyl (C=O) groups is 1. The van der Waals surface area contributed by atoms with E-state index in [1.165, 1.54) is 18.5 Å². The lowest BCUT2D eigenvalue weighted by molar-refractivity contribution is 0.0699. The van der Waals surface area contributed by atoms with Crippen molar-refractivity contribution in [1.82, 2.24) is 15.0 Å². The van der Waals surface area contributed by atoms with Gasteiger partial charge in [-0.2, -0.15) is 0 Å². The van der Waals surface area contributed by atoms with Gasteiger partial charge in [0.25, 0.3) is 0 Å². The number of carboxylic acid groups (broad SMARTS) is 1. The van der Waals surface area contributed by atoms with Gasteiger partial charge in [0.1, 0.15) is 17.5 Å². The maximum atomic E-state index is 11.9. The van der Waals surface area contributed by atoms with Gasteiger partial charge in [-0.1, -0.05) is 18.2 Å². The summed E-state index contributed by atoms with van der Waals surface area (Å²) in [6.45, 7) is 0. The van der Waals surface area contributed by atoms with Gasteiger partial charge in [-0.15, -0.1) is 0 Å². The molecule has 5 aromatic rings. The van der Waals surface area contributed by atoms with Crippen LogP contribution < -0.4 is 0 Å². The van der Waals surface area contributed by atoms with Gasteiger partial charge in [-0.05, 0) is 30.3 Å². The average Bonchev–Trinajstić information content (AvgIpc) is 3.37. The minimum Gasteiger partial charge on any atom is -0.478 e. The monoisotopic (exact) mass is 357 g/mol. The fourth-order valence-electron chi connectivity index (χ4n) is 3.04. The summed E-state index contributed by atoms with van der Waals surface area (Å²) in [5, 5.41) is 10.1. The molecule has 130 valence electrons. The van der Waals surface area contributed by atoms with Gasteiger partial charge >= 0.3 is 5.97 Å². The number of carboxylic acids is 1. The van der Waals surface area contributed by atoms with Crippen molar-refractivity contribution in [2.75, 3.05) is 0 Å². The number of benzene rings is 2. The van der Waals surface area contributed by atoms with Crippen molar-refractivity contribution in [3.05, 3.63) is 66.6 Å². The standard InChI is InChI=1S/C20H11N3O4/c24-20(25)12-10-15(19-21-8-9-26-19)22-13-6-7-14-17(16(12)13)27-18(23-14)11-4-2-1-3-5-11/h1-10H,(H,24,25). The summed E-state index contributed by atoms with van der Waals surface area (Å²) in [6.07, 6.45) is 2.89. The van der Waals surface area contributed by atoms with Gasteiger partial charge in [0.05, 0.1) is 22.7 Å². The number of aromatic carboxylic acids is 1. The Kier molecular flexibility index (Phi) is 3.26. The summed E-state index contributed by atoms with van der Waals surface area (Å²) < 4.78 is 11.2. The zero-order valence-corrected chi connectivity index (χ0v) is 13.8. The summed E-state index contributed by atoms with van der Waals surface area (Å²) in [5.41, 5.74) is 2.61. The van der Waals surface area contributed by atoms with Crippen LogP contribution in [-0.4, -0.2) is 26.0 Å².